The Hall–Kier alpha value is -0.760. The Labute approximate surface area is 119 Å². The lowest BCUT2D eigenvalue weighted by atomic mass is 9.58. The van der Waals surface area contributed by atoms with Gasteiger partial charge in [-0.25, -0.2) is 4.39 Å². The van der Waals surface area contributed by atoms with E-state index in [1.54, 1.807) is 19.1 Å². The van der Waals surface area contributed by atoms with Crippen LogP contribution < -0.4 is 4.74 Å². The maximum absolute atomic E-state index is 13.3. The topological polar surface area (TPSA) is 9.23 Å². The third-order valence-electron chi connectivity index (χ3n) is 4.88. The Balaban J connectivity index is 1.74. The van der Waals surface area contributed by atoms with Crippen LogP contribution in [-0.4, -0.2) is 11.5 Å². The lowest BCUT2D eigenvalue weighted by molar-refractivity contribution is -0.0650. The van der Waals surface area contributed by atoms with Crippen LogP contribution in [0, 0.1) is 18.2 Å². The SMILES string of the molecule is Cc1cc(OC2CC(Cl)C23CCCCC3)ccc1F. The minimum absolute atomic E-state index is 0.169. The van der Waals surface area contributed by atoms with E-state index in [2.05, 4.69) is 0 Å². The molecule has 0 N–H and O–H groups in total. The lowest BCUT2D eigenvalue weighted by Crippen LogP contribution is -2.58. The van der Waals surface area contributed by atoms with Crippen molar-refractivity contribution < 1.29 is 9.13 Å². The van der Waals surface area contributed by atoms with Crippen LogP contribution in [0.5, 0.6) is 5.75 Å². The molecule has 1 aromatic carbocycles. The van der Waals surface area contributed by atoms with Gasteiger partial charge < -0.3 is 4.74 Å². The molecule has 0 aliphatic heterocycles. The first-order chi connectivity index (χ1) is 9.12. The van der Waals surface area contributed by atoms with E-state index >= 15 is 0 Å². The highest BCUT2D eigenvalue weighted by Crippen LogP contribution is 2.55. The molecular formula is C16H20ClFO. The van der Waals surface area contributed by atoms with Gasteiger partial charge in [0, 0.05) is 17.2 Å². The Bertz CT molecular complexity index is 468. The van der Waals surface area contributed by atoms with Crippen LogP contribution >= 0.6 is 11.6 Å². The molecule has 0 bridgehead atoms. The maximum atomic E-state index is 13.3. The number of halogens is 2. The number of rotatable bonds is 2. The third kappa shape index (κ3) is 2.24. The van der Waals surface area contributed by atoms with Gasteiger partial charge in [-0.15, -0.1) is 11.6 Å². The van der Waals surface area contributed by atoms with Crippen molar-refractivity contribution in [3.05, 3.63) is 29.6 Å². The van der Waals surface area contributed by atoms with Gasteiger partial charge in [0.15, 0.2) is 0 Å². The zero-order valence-corrected chi connectivity index (χ0v) is 12.0. The zero-order chi connectivity index (χ0) is 13.5. The van der Waals surface area contributed by atoms with E-state index in [1.807, 2.05) is 0 Å². The average molecular weight is 283 g/mol. The largest absolute Gasteiger partial charge is 0.490 e. The van der Waals surface area contributed by atoms with E-state index in [0.717, 1.165) is 12.2 Å². The normalized spacial score (nSPS) is 29.0. The first-order valence-electron chi connectivity index (χ1n) is 7.19. The van der Waals surface area contributed by atoms with Crippen LogP contribution in [0.15, 0.2) is 18.2 Å². The van der Waals surface area contributed by atoms with Crippen molar-refractivity contribution in [1.29, 1.82) is 0 Å². The molecule has 19 heavy (non-hydrogen) atoms. The summed E-state index contributed by atoms with van der Waals surface area (Å²) in [5.41, 5.74) is 0.805. The van der Waals surface area contributed by atoms with Crippen LogP contribution in [0.4, 0.5) is 4.39 Å². The van der Waals surface area contributed by atoms with E-state index in [-0.39, 0.29) is 22.7 Å². The highest BCUT2D eigenvalue weighted by Gasteiger charge is 2.55. The molecule has 2 fully saturated rings. The smallest absolute Gasteiger partial charge is 0.126 e. The Morgan fingerprint density at radius 2 is 2.00 bits per heavy atom. The minimum atomic E-state index is -0.177. The molecule has 0 radical (unpaired) electrons. The minimum Gasteiger partial charge on any atom is -0.490 e. The number of aryl methyl sites for hydroxylation is 1. The van der Waals surface area contributed by atoms with Gasteiger partial charge in [-0.2, -0.15) is 0 Å². The van der Waals surface area contributed by atoms with Crippen LogP contribution in [0.25, 0.3) is 0 Å². The standard InChI is InChI=1S/C16H20ClFO/c1-11-9-12(5-6-13(11)18)19-15-10-14(17)16(15)7-3-2-4-8-16/h5-6,9,14-15H,2-4,7-8,10H2,1H3. The molecule has 3 rings (SSSR count). The molecule has 1 spiro atoms. The fourth-order valence-electron chi connectivity index (χ4n) is 3.56. The molecule has 2 unspecified atom stereocenters. The fraction of sp³-hybridized carbons (Fsp3) is 0.625. The molecule has 104 valence electrons. The molecule has 0 aromatic heterocycles. The van der Waals surface area contributed by atoms with Crippen LogP contribution in [0.2, 0.25) is 0 Å². The summed E-state index contributed by atoms with van der Waals surface area (Å²) in [6.07, 6.45) is 7.29. The number of alkyl halides is 1. The zero-order valence-electron chi connectivity index (χ0n) is 11.3. The molecule has 1 aromatic rings. The highest BCUT2D eigenvalue weighted by atomic mass is 35.5. The summed E-state index contributed by atoms with van der Waals surface area (Å²) in [5.74, 6) is 0.598. The van der Waals surface area contributed by atoms with Gasteiger partial charge in [-0.3, -0.25) is 0 Å². The molecular weight excluding hydrogens is 263 g/mol. The van der Waals surface area contributed by atoms with Gasteiger partial charge in [0.05, 0.1) is 0 Å². The van der Waals surface area contributed by atoms with Crippen molar-refractivity contribution in [2.75, 3.05) is 0 Å². The number of hydrogen-bond donors (Lipinski definition) is 0. The molecule has 2 saturated carbocycles. The molecule has 1 nitrogen and oxygen atoms in total. The van der Waals surface area contributed by atoms with Crippen LogP contribution in [0.1, 0.15) is 44.1 Å². The summed E-state index contributed by atoms with van der Waals surface area (Å²) < 4.78 is 19.4. The van der Waals surface area contributed by atoms with E-state index in [9.17, 15) is 4.39 Å². The predicted molar refractivity (Wildman–Crippen MR) is 75.3 cm³/mol. The van der Waals surface area contributed by atoms with Gasteiger partial charge >= 0.3 is 0 Å². The van der Waals surface area contributed by atoms with Gasteiger partial charge in [0.1, 0.15) is 17.7 Å². The second-order valence-corrected chi connectivity index (χ2v) is 6.54. The van der Waals surface area contributed by atoms with Crippen molar-refractivity contribution in [1.82, 2.24) is 0 Å². The van der Waals surface area contributed by atoms with E-state index in [1.165, 1.54) is 38.2 Å². The molecule has 2 atom stereocenters. The predicted octanol–water partition coefficient (Wildman–Crippen LogP) is 4.84. The Morgan fingerprint density at radius 3 is 2.63 bits per heavy atom. The first kappa shape index (κ1) is 13.2. The molecule has 0 amide bonds. The number of benzene rings is 1. The summed E-state index contributed by atoms with van der Waals surface area (Å²) in [6, 6.07) is 4.99. The van der Waals surface area contributed by atoms with Crippen molar-refractivity contribution in [2.24, 2.45) is 5.41 Å². The number of hydrogen-bond acceptors (Lipinski definition) is 1. The average Bonchev–Trinajstić information content (AvgIpc) is 2.43. The van der Waals surface area contributed by atoms with Crippen molar-refractivity contribution in [3.63, 3.8) is 0 Å². The summed E-state index contributed by atoms with van der Waals surface area (Å²) in [7, 11) is 0. The fourth-order valence-corrected chi connectivity index (χ4v) is 4.08. The molecule has 2 aliphatic carbocycles. The van der Waals surface area contributed by atoms with E-state index < -0.39 is 0 Å². The van der Waals surface area contributed by atoms with Crippen LogP contribution in [-0.2, 0) is 0 Å². The van der Waals surface area contributed by atoms with Gasteiger partial charge in [0.25, 0.3) is 0 Å². The summed E-state index contributed by atoms with van der Waals surface area (Å²) >= 11 is 6.46. The Morgan fingerprint density at radius 1 is 1.26 bits per heavy atom. The monoisotopic (exact) mass is 282 g/mol. The van der Waals surface area contributed by atoms with Crippen molar-refractivity contribution in [3.8, 4) is 5.75 Å². The van der Waals surface area contributed by atoms with Crippen LogP contribution in [0.3, 0.4) is 0 Å². The summed E-state index contributed by atoms with van der Waals surface area (Å²) in [6.45, 7) is 1.77. The van der Waals surface area contributed by atoms with Gasteiger partial charge in [-0.1, -0.05) is 19.3 Å². The van der Waals surface area contributed by atoms with Crippen molar-refractivity contribution >= 4 is 11.6 Å². The third-order valence-corrected chi connectivity index (χ3v) is 5.49. The Kier molecular flexibility index (Phi) is 3.46. The quantitative estimate of drug-likeness (QED) is 0.705. The maximum Gasteiger partial charge on any atom is 0.126 e. The van der Waals surface area contributed by atoms with Gasteiger partial charge in [-0.05, 0) is 43.5 Å². The van der Waals surface area contributed by atoms with Gasteiger partial charge in [0.2, 0.25) is 0 Å². The summed E-state index contributed by atoms with van der Waals surface area (Å²) in [4.78, 5) is 0. The van der Waals surface area contributed by atoms with Crippen molar-refractivity contribution in [2.45, 2.75) is 56.9 Å². The molecule has 2 aliphatic rings. The van der Waals surface area contributed by atoms with E-state index in [0.29, 0.717) is 5.56 Å². The summed E-state index contributed by atoms with van der Waals surface area (Å²) in [5, 5.41) is 0.249. The first-order valence-corrected chi connectivity index (χ1v) is 7.62. The molecule has 3 heteroatoms. The number of ether oxygens (including phenoxy) is 1. The second kappa shape index (κ2) is 4.97. The molecule has 0 heterocycles. The molecule has 0 saturated heterocycles. The second-order valence-electron chi connectivity index (χ2n) is 6.01. The highest BCUT2D eigenvalue weighted by molar-refractivity contribution is 6.21. The van der Waals surface area contributed by atoms with E-state index in [4.69, 9.17) is 16.3 Å². The lowest BCUT2D eigenvalue weighted by Gasteiger charge is -2.55.